The Labute approximate surface area is 103 Å². The molecular weight excluding hydrogens is 218 g/mol. The standard InChI is InChI=1S/C12H23N3O2/c13-4-7-17-9-12(16)14-10-3-6-15-5-1-2-11(15)8-10/h10-11H,1-9,13H2,(H,14,16). The van der Waals surface area contributed by atoms with Crippen molar-refractivity contribution in [2.75, 3.05) is 32.8 Å². The highest BCUT2D eigenvalue weighted by Gasteiger charge is 2.32. The first-order chi connectivity index (χ1) is 8.29. The molecule has 2 heterocycles. The van der Waals surface area contributed by atoms with E-state index in [1.54, 1.807) is 0 Å². The van der Waals surface area contributed by atoms with Gasteiger partial charge in [0.1, 0.15) is 6.61 Å². The molecular formula is C12H23N3O2. The van der Waals surface area contributed by atoms with Gasteiger partial charge in [-0.25, -0.2) is 0 Å². The molecule has 2 fully saturated rings. The summed E-state index contributed by atoms with van der Waals surface area (Å²) < 4.78 is 5.13. The van der Waals surface area contributed by atoms with Crippen molar-refractivity contribution in [2.24, 2.45) is 5.73 Å². The number of hydrogen-bond donors (Lipinski definition) is 2. The Kier molecular flexibility index (Phi) is 4.76. The van der Waals surface area contributed by atoms with Gasteiger partial charge in [-0.1, -0.05) is 0 Å². The number of rotatable bonds is 5. The van der Waals surface area contributed by atoms with E-state index in [9.17, 15) is 4.79 Å². The molecule has 2 aliphatic rings. The highest BCUT2D eigenvalue weighted by Crippen LogP contribution is 2.26. The summed E-state index contributed by atoms with van der Waals surface area (Å²) in [4.78, 5) is 14.1. The number of nitrogens with one attached hydrogen (secondary N) is 1. The molecule has 2 atom stereocenters. The molecule has 1 amide bonds. The van der Waals surface area contributed by atoms with Gasteiger partial charge in [0.15, 0.2) is 0 Å². The van der Waals surface area contributed by atoms with Gasteiger partial charge in [0.2, 0.25) is 5.91 Å². The lowest BCUT2D eigenvalue weighted by molar-refractivity contribution is -0.126. The van der Waals surface area contributed by atoms with Gasteiger partial charge in [0.05, 0.1) is 6.61 Å². The van der Waals surface area contributed by atoms with Crippen LogP contribution in [0.25, 0.3) is 0 Å². The Hall–Kier alpha value is -0.650. The minimum atomic E-state index is -0.00473. The number of amides is 1. The maximum atomic E-state index is 11.6. The molecule has 5 heteroatoms. The Bertz CT molecular complexity index is 260. The summed E-state index contributed by atoms with van der Waals surface area (Å²) >= 11 is 0. The number of fused-ring (bicyclic) bond motifs is 1. The van der Waals surface area contributed by atoms with Crippen LogP contribution in [0.4, 0.5) is 0 Å². The molecule has 17 heavy (non-hydrogen) atoms. The molecule has 5 nitrogen and oxygen atoms in total. The van der Waals surface area contributed by atoms with Crippen molar-refractivity contribution in [1.29, 1.82) is 0 Å². The summed E-state index contributed by atoms with van der Waals surface area (Å²) in [6.45, 7) is 3.43. The second kappa shape index (κ2) is 6.33. The predicted octanol–water partition coefficient (Wildman–Crippen LogP) is -0.295. The minimum Gasteiger partial charge on any atom is -0.370 e. The molecule has 0 aromatic carbocycles. The number of nitrogens with zero attached hydrogens (tertiary/aromatic N) is 1. The van der Waals surface area contributed by atoms with Crippen LogP contribution in [0.3, 0.4) is 0 Å². The van der Waals surface area contributed by atoms with Gasteiger partial charge in [-0.3, -0.25) is 4.79 Å². The topological polar surface area (TPSA) is 67.6 Å². The zero-order valence-corrected chi connectivity index (χ0v) is 10.4. The molecule has 0 saturated carbocycles. The largest absolute Gasteiger partial charge is 0.370 e. The van der Waals surface area contributed by atoms with Crippen molar-refractivity contribution in [3.8, 4) is 0 Å². The first-order valence-corrected chi connectivity index (χ1v) is 6.61. The van der Waals surface area contributed by atoms with Gasteiger partial charge in [-0.15, -0.1) is 0 Å². The minimum absolute atomic E-state index is 0.00473. The van der Waals surface area contributed by atoms with Gasteiger partial charge in [-0.05, 0) is 32.2 Å². The SMILES string of the molecule is NCCOCC(=O)NC1CCN2CCCC2C1. The van der Waals surface area contributed by atoms with Crippen molar-refractivity contribution < 1.29 is 9.53 Å². The average Bonchev–Trinajstić information content (AvgIpc) is 2.76. The summed E-state index contributed by atoms with van der Waals surface area (Å²) in [6.07, 6.45) is 4.77. The van der Waals surface area contributed by atoms with E-state index in [2.05, 4.69) is 10.2 Å². The van der Waals surface area contributed by atoms with Crippen molar-refractivity contribution in [3.05, 3.63) is 0 Å². The van der Waals surface area contributed by atoms with Crippen LogP contribution in [-0.4, -0.2) is 55.7 Å². The Morgan fingerprint density at radius 3 is 3.12 bits per heavy atom. The second-order valence-electron chi connectivity index (χ2n) is 4.96. The first-order valence-electron chi connectivity index (χ1n) is 6.61. The number of ether oxygens (including phenoxy) is 1. The van der Waals surface area contributed by atoms with E-state index in [0.717, 1.165) is 19.4 Å². The fourth-order valence-electron chi connectivity index (χ4n) is 2.87. The molecule has 3 N–H and O–H groups in total. The lowest BCUT2D eigenvalue weighted by atomic mass is 9.97. The molecule has 2 unspecified atom stereocenters. The maximum Gasteiger partial charge on any atom is 0.246 e. The number of carbonyl (C=O) groups excluding carboxylic acids is 1. The Morgan fingerprint density at radius 1 is 1.41 bits per heavy atom. The maximum absolute atomic E-state index is 11.6. The molecule has 0 spiro atoms. The highest BCUT2D eigenvalue weighted by atomic mass is 16.5. The Balaban J connectivity index is 1.67. The second-order valence-corrected chi connectivity index (χ2v) is 4.96. The van der Waals surface area contributed by atoms with Crippen LogP contribution < -0.4 is 11.1 Å². The molecule has 2 saturated heterocycles. The molecule has 2 aliphatic heterocycles. The predicted molar refractivity (Wildman–Crippen MR) is 65.6 cm³/mol. The zero-order valence-electron chi connectivity index (χ0n) is 10.4. The van der Waals surface area contributed by atoms with E-state index in [1.165, 1.54) is 19.4 Å². The van der Waals surface area contributed by atoms with E-state index in [0.29, 0.717) is 25.2 Å². The van der Waals surface area contributed by atoms with Crippen molar-refractivity contribution in [2.45, 2.75) is 37.8 Å². The van der Waals surface area contributed by atoms with Crippen molar-refractivity contribution >= 4 is 5.91 Å². The fraction of sp³-hybridized carbons (Fsp3) is 0.917. The molecule has 0 bridgehead atoms. The van der Waals surface area contributed by atoms with E-state index in [-0.39, 0.29) is 12.5 Å². The summed E-state index contributed by atoms with van der Waals surface area (Å²) in [5.41, 5.74) is 5.30. The van der Waals surface area contributed by atoms with Crippen LogP contribution in [0.1, 0.15) is 25.7 Å². The third kappa shape index (κ3) is 3.66. The number of hydrogen-bond acceptors (Lipinski definition) is 4. The normalized spacial score (nSPS) is 29.0. The van der Waals surface area contributed by atoms with Crippen molar-refractivity contribution in [3.63, 3.8) is 0 Å². The highest BCUT2D eigenvalue weighted by molar-refractivity contribution is 5.77. The van der Waals surface area contributed by atoms with Crippen molar-refractivity contribution in [1.82, 2.24) is 10.2 Å². The van der Waals surface area contributed by atoms with Gasteiger partial charge in [-0.2, -0.15) is 0 Å². The summed E-state index contributed by atoms with van der Waals surface area (Å²) in [5.74, 6) is -0.00473. The van der Waals surface area contributed by atoms with E-state index in [4.69, 9.17) is 10.5 Å². The molecule has 0 radical (unpaired) electrons. The number of piperidine rings is 1. The quantitative estimate of drug-likeness (QED) is 0.649. The van der Waals surface area contributed by atoms with Gasteiger partial charge in [0.25, 0.3) is 0 Å². The van der Waals surface area contributed by atoms with Gasteiger partial charge < -0.3 is 20.7 Å². The van der Waals surface area contributed by atoms with Crippen LogP contribution >= 0.6 is 0 Å². The molecule has 0 aromatic heterocycles. The van der Waals surface area contributed by atoms with Crippen LogP contribution in [0, 0.1) is 0 Å². The first kappa shape index (κ1) is 12.8. The molecule has 98 valence electrons. The van der Waals surface area contributed by atoms with E-state index < -0.39 is 0 Å². The smallest absolute Gasteiger partial charge is 0.246 e. The van der Waals surface area contributed by atoms with Gasteiger partial charge in [0, 0.05) is 25.2 Å². The monoisotopic (exact) mass is 241 g/mol. The lowest BCUT2D eigenvalue weighted by Crippen LogP contribution is -2.48. The third-order valence-electron chi connectivity index (χ3n) is 3.68. The van der Waals surface area contributed by atoms with Gasteiger partial charge >= 0.3 is 0 Å². The van der Waals surface area contributed by atoms with Crippen LogP contribution in [0.5, 0.6) is 0 Å². The molecule has 2 rings (SSSR count). The van der Waals surface area contributed by atoms with E-state index >= 15 is 0 Å². The molecule has 0 aromatic rings. The summed E-state index contributed by atoms with van der Waals surface area (Å²) in [5, 5.41) is 3.06. The molecule has 0 aliphatic carbocycles. The van der Waals surface area contributed by atoms with Crippen LogP contribution in [-0.2, 0) is 9.53 Å². The third-order valence-corrected chi connectivity index (χ3v) is 3.68. The van der Waals surface area contributed by atoms with Crippen LogP contribution in [0.2, 0.25) is 0 Å². The zero-order chi connectivity index (χ0) is 12.1. The average molecular weight is 241 g/mol. The number of nitrogens with two attached hydrogens (primary N) is 1. The van der Waals surface area contributed by atoms with E-state index in [1.807, 2.05) is 0 Å². The summed E-state index contributed by atoms with van der Waals surface area (Å²) in [7, 11) is 0. The fourth-order valence-corrected chi connectivity index (χ4v) is 2.87. The number of carbonyl (C=O) groups is 1. The summed E-state index contributed by atoms with van der Waals surface area (Å²) in [6, 6.07) is 1.03. The lowest BCUT2D eigenvalue weighted by Gasteiger charge is -2.35. The Morgan fingerprint density at radius 2 is 2.29 bits per heavy atom. The van der Waals surface area contributed by atoms with Crippen LogP contribution in [0.15, 0.2) is 0 Å².